The molecule has 20 heavy (non-hydrogen) atoms. The summed E-state index contributed by atoms with van der Waals surface area (Å²) in [5.74, 6) is -0.159. The van der Waals surface area contributed by atoms with Crippen LogP contribution in [0.2, 0.25) is 5.02 Å². The molecule has 0 saturated heterocycles. The van der Waals surface area contributed by atoms with Crippen LogP contribution in [0.25, 0.3) is 11.0 Å². The molecule has 0 bridgehead atoms. The number of pyridine rings is 1. The van der Waals surface area contributed by atoms with Gasteiger partial charge in [-0.2, -0.15) is 0 Å². The van der Waals surface area contributed by atoms with Crippen molar-refractivity contribution in [2.24, 2.45) is 0 Å². The van der Waals surface area contributed by atoms with Gasteiger partial charge < -0.3 is 10.3 Å². The zero-order valence-electron chi connectivity index (χ0n) is 10.8. The normalized spacial score (nSPS) is 11.2. The van der Waals surface area contributed by atoms with Crippen LogP contribution in [-0.2, 0) is 6.54 Å². The molecular weight excluding hydrogens is 279 g/mol. The average molecular weight is 291 g/mol. The van der Waals surface area contributed by atoms with Gasteiger partial charge in [-0.25, -0.2) is 9.37 Å². The van der Waals surface area contributed by atoms with Gasteiger partial charge >= 0.3 is 0 Å². The molecule has 0 saturated carbocycles. The molecule has 2 heterocycles. The number of hydrogen-bond donors (Lipinski definition) is 1. The van der Waals surface area contributed by atoms with E-state index in [0.29, 0.717) is 23.5 Å². The Bertz CT molecular complexity index is 797. The number of halogens is 2. The first-order chi connectivity index (χ1) is 9.56. The SMILES string of the molecule is Cc1ccncc1Cn1c(N)nc2cc(Cl)c(F)cc21. The Balaban J connectivity index is 2.14. The van der Waals surface area contributed by atoms with E-state index in [0.717, 1.165) is 11.1 Å². The Morgan fingerprint density at radius 1 is 1.40 bits per heavy atom. The summed E-state index contributed by atoms with van der Waals surface area (Å²) in [6.07, 6.45) is 3.50. The maximum atomic E-state index is 13.6. The minimum absolute atomic E-state index is 0.0414. The number of rotatable bonds is 2. The molecule has 0 unspecified atom stereocenters. The number of aromatic nitrogens is 3. The van der Waals surface area contributed by atoms with Crippen molar-refractivity contribution in [1.29, 1.82) is 0 Å². The van der Waals surface area contributed by atoms with Gasteiger partial charge in [0.25, 0.3) is 0 Å². The summed E-state index contributed by atoms with van der Waals surface area (Å²) in [5.41, 5.74) is 9.22. The van der Waals surface area contributed by atoms with Crippen molar-refractivity contribution in [3.63, 3.8) is 0 Å². The summed E-state index contributed by atoms with van der Waals surface area (Å²) in [6, 6.07) is 4.75. The summed E-state index contributed by atoms with van der Waals surface area (Å²) >= 11 is 5.76. The largest absolute Gasteiger partial charge is 0.369 e. The second kappa shape index (κ2) is 4.76. The van der Waals surface area contributed by atoms with Crippen molar-refractivity contribution >= 4 is 28.6 Å². The van der Waals surface area contributed by atoms with Gasteiger partial charge in [0.2, 0.25) is 5.95 Å². The third-order valence-corrected chi connectivity index (χ3v) is 3.59. The summed E-state index contributed by atoms with van der Waals surface area (Å²) in [5, 5.41) is 0.0414. The molecule has 4 nitrogen and oxygen atoms in total. The van der Waals surface area contributed by atoms with E-state index in [2.05, 4.69) is 9.97 Å². The van der Waals surface area contributed by atoms with Crippen LogP contribution < -0.4 is 5.73 Å². The molecule has 0 radical (unpaired) electrons. The number of aryl methyl sites for hydroxylation is 1. The van der Waals surface area contributed by atoms with E-state index in [1.165, 1.54) is 12.1 Å². The predicted octanol–water partition coefficient (Wildman–Crippen LogP) is 3.16. The molecule has 0 aliphatic rings. The summed E-state index contributed by atoms with van der Waals surface area (Å²) in [7, 11) is 0. The highest BCUT2D eigenvalue weighted by atomic mass is 35.5. The first-order valence-electron chi connectivity index (χ1n) is 6.06. The van der Waals surface area contributed by atoms with Gasteiger partial charge in [-0.15, -0.1) is 0 Å². The molecule has 3 aromatic rings. The van der Waals surface area contributed by atoms with Crippen LogP contribution in [0.1, 0.15) is 11.1 Å². The molecule has 0 amide bonds. The predicted molar refractivity (Wildman–Crippen MR) is 77.2 cm³/mol. The summed E-state index contributed by atoms with van der Waals surface area (Å²) in [6.45, 7) is 2.48. The number of nitrogen functional groups attached to an aromatic ring is 1. The van der Waals surface area contributed by atoms with Crippen molar-refractivity contribution in [1.82, 2.24) is 14.5 Å². The Labute approximate surface area is 120 Å². The Morgan fingerprint density at radius 2 is 2.20 bits per heavy atom. The van der Waals surface area contributed by atoms with Crippen LogP contribution in [0.5, 0.6) is 0 Å². The lowest BCUT2D eigenvalue weighted by molar-refractivity contribution is 0.629. The Kier molecular flexibility index (Phi) is 3.06. The third-order valence-electron chi connectivity index (χ3n) is 3.30. The maximum Gasteiger partial charge on any atom is 0.201 e. The summed E-state index contributed by atoms with van der Waals surface area (Å²) in [4.78, 5) is 8.31. The molecule has 1 aromatic carbocycles. The third kappa shape index (κ3) is 2.10. The second-order valence-electron chi connectivity index (χ2n) is 4.61. The van der Waals surface area contributed by atoms with E-state index in [-0.39, 0.29) is 5.02 Å². The number of fused-ring (bicyclic) bond motifs is 1. The molecule has 6 heteroatoms. The zero-order valence-corrected chi connectivity index (χ0v) is 11.5. The van der Waals surface area contributed by atoms with E-state index < -0.39 is 5.82 Å². The van der Waals surface area contributed by atoms with Gasteiger partial charge in [0, 0.05) is 18.5 Å². The maximum absolute atomic E-state index is 13.6. The van der Waals surface area contributed by atoms with Crippen LogP contribution in [0.15, 0.2) is 30.6 Å². The van der Waals surface area contributed by atoms with E-state index in [4.69, 9.17) is 17.3 Å². The monoisotopic (exact) mass is 290 g/mol. The van der Waals surface area contributed by atoms with Crippen molar-refractivity contribution in [3.8, 4) is 0 Å². The first kappa shape index (κ1) is 12.9. The highest BCUT2D eigenvalue weighted by Gasteiger charge is 2.12. The van der Waals surface area contributed by atoms with Crippen LogP contribution in [0.4, 0.5) is 10.3 Å². The smallest absolute Gasteiger partial charge is 0.201 e. The number of anilines is 1. The summed E-state index contributed by atoms with van der Waals surface area (Å²) < 4.78 is 15.4. The standard InChI is InChI=1S/C14H12ClFN4/c1-8-2-3-18-6-9(8)7-20-13-5-11(16)10(15)4-12(13)19-14(20)17/h2-6H,7H2,1H3,(H2,17,19). The molecule has 0 atom stereocenters. The highest BCUT2D eigenvalue weighted by Crippen LogP contribution is 2.25. The van der Waals surface area contributed by atoms with Gasteiger partial charge in [0.05, 0.1) is 22.6 Å². The van der Waals surface area contributed by atoms with Crippen molar-refractivity contribution in [3.05, 3.63) is 52.6 Å². The number of hydrogen-bond acceptors (Lipinski definition) is 3. The van der Waals surface area contributed by atoms with Crippen molar-refractivity contribution < 1.29 is 4.39 Å². The van der Waals surface area contributed by atoms with E-state index >= 15 is 0 Å². The van der Waals surface area contributed by atoms with E-state index in [1.807, 2.05) is 13.0 Å². The number of benzene rings is 1. The molecule has 3 rings (SSSR count). The fraction of sp³-hybridized carbons (Fsp3) is 0.143. The first-order valence-corrected chi connectivity index (χ1v) is 6.44. The zero-order chi connectivity index (χ0) is 14.3. The molecule has 2 N–H and O–H groups in total. The highest BCUT2D eigenvalue weighted by molar-refractivity contribution is 6.31. The molecule has 102 valence electrons. The molecule has 2 aromatic heterocycles. The lowest BCUT2D eigenvalue weighted by Gasteiger charge is -2.09. The van der Waals surface area contributed by atoms with Gasteiger partial charge in [0.1, 0.15) is 5.82 Å². The Hall–Kier alpha value is -2.14. The lowest BCUT2D eigenvalue weighted by atomic mass is 10.1. The average Bonchev–Trinajstić information content (AvgIpc) is 2.69. The van der Waals surface area contributed by atoms with E-state index in [9.17, 15) is 4.39 Å². The molecule has 0 fully saturated rings. The molecule has 0 spiro atoms. The fourth-order valence-electron chi connectivity index (χ4n) is 2.14. The van der Waals surface area contributed by atoms with Crippen molar-refractivity contribution in [2.75, 3.05) is 5.73 Å². The van der Waals surface area contributed by atoms with Crippen LogP contribution >= 0.6 is 11.6 Å². The topological polar surface area (TPSA) is 56.7 Å². The van der Waals surface area contributed by atoms with Gasteiger partial charge in [-0.05, 0) is 30.2 Å². The fourth-order valence-corrected chi connectivity index (χ4v) is 2.30. The second-order valence-corrected chi connectivity index (χ2v) is 5.02. The molecule has 0 aliphatic heterocycles. The van der Waals surface area contributed by atoms with Crippen LogP contribution in [0, 0.1) is 12.7 Å². The number of nitrogens with zero attached hydrogens (tertiary/aromatic N) is 3. The van der Waals surface area contributed by atoms with Crippen LogP contribution in [-0.4, -0.2) is 14.5 Å². The van der Waals surface area contributed by atoms with E-state index in [1.54, 1.807) is 17.0 Å². The van der Waals surface area contributed by atoms with Gasteiger partial charge in [-0.1, -0.05) is 11.6 Å². The van der Waals surface area contributed by atoms with Gasteiger partial charge in [0.15, 0.2) is 0 Å². The van der Waals surface area contributed by atoms with Crippen LogP contribution in [0.3, 0.4) is 0 Å². The lowest BCUT2D eigenvalue weighted by Crippen LogP contribution is -2.06. The molecule has 0 aliphatic carbocycles. The number of nitrogens with two attached hydrogens (primary N) is 1. The minimum Gasteiger partial charge on any atom is -0.369 e. The van der Waals surface area contributed by atoms with Crippen molar-refractivity contribution in [2.45, 2.75) is 13.5 Å². The Morgan fingerprint density at radius 3 is 2.95 bits per heavy atom. The number of imidazole rings is 1. The minimum atomic E-state index is -0.483. The quantitative estimate of drug-likeness (QED) is 0.789. The molecular formula is C14H12ClFN4. The van der Waals surface area contributed by atoms with Gasteiger partial charge in [-0.3, -0.25) is 4.98 Å².